The molecule has 0 aliphatic heterocycles. The Balaban J connectivity index is 1.55. The van der Waals surface area contributed by atoms with Crippen molar-refractivity contribution in [3.63, 3.8) is 0 Å². The molecule has 0 aliphatic carbocycles. The summed E-state index contributed by atoms with van der Waals surface area (Å²) in [5, 5.41) is 6.73. The number of nitrogens with one attached hydrogen (secondary N) is 4. The topological polar surface area (TPSA) is 82.3 Å². The van der Waals surface area contributed by atoms with Crippen LogP contribution < -0.4 is 21.5 Å². The van der Waals surface area contributed by atoms with Crippen molar-refractivity contribution in [1.82, 2.24) is 21.5 Å². The zero-order valence-corrected chi connectivity index (χ0v) is 17.4. The maximum absolute atomic E-state index is 12.4. The van der Waals surface area contributed by atoms with Gasteiger partial charge >= 0.3 is 12.1 Å². The van der Waals surface area contributed by atoms with Gasteiger partial charge in [0, 0.05) is 16.6 Å². The van der Waals surface area contributed by atoms with E-state index in [0.29, 0.717) is 16.6 Å². The summed E-state index contributed by atoms with van der Waals surface area (Å²) in [7, 11) is 0. The minimum atomic E-state index is -0.555. The Morgan fingerprint density at radius 2 is 1.23 bits per heavy atom. The summed E-state index contributed by atoms with van der Waals surface area (Å²) in [6.45, 7) is 0.295. The van der Waals surface area contributed by atoms with Gasteiger partial charge in [-0.05, 0) is 41.0 Å². The van der Waals surface area contributed by atoms with Crippen LogP contribution in [0.5, 0.6) is 0 Å². The molecule has 1 atom stereocenters. The van der Waals surface area contributed by atoms with Crippen LogP contribution in [0.2, 0.25) is 10.0 Å². The molecular formula is C22H20Cl2N4O2. The van der Waals surface area contributed by atoms with E-state index in [-0.39, 0.29) is 0 Å². The Morgan fingerprint density at radius 1 is 0.700 bits per heavy atom. The standard InChI is InChI=1S/C22H20Cl2N4O2/c23-18-10-6-15(7-11-18)14-25-21(29)27-28-22(30)26-20(16-4-2-1-3-5-16)17-8-12-19(24)13-9-17/h1-13,20H,14H2,(H2,25,27,29)(H2,26,28,30). The van der Waals surface area contributed by atoms with E-state index in [9.17, 15) is 9.59 Å². The number of halogens is 2. The highest BCUT2D eigenvalue weighted by Gasteiger charge is 2.17. The molecule has 3 aromatic carbocycles. The number of hydrogen-bond acceptors (Lipinski definition) is 2. The average molecular weight is 443 g/mol. The first-order chi connectivity index (χ1) is 14.5. The molecule has 1 unspecified atom stereocenters. The van der Waals surface area contributed by atoms with Crippen molar-refractivity contribution in [3.8, 4) is 0 Å². The lowest BCUT2D eigenvalue weighted by molar-refractivity contribution is 0.222. The number of rotatable bonds is 5. The molecule has 0 aliphatic rings. The van der Waals surface area contributed by atoms with Gasteiger partial charge in [-0.2, -0.15) is 0 Å². The van der Waals surface area contributed by atoms with E-state index in [2.05, 4.69) is 21.5 Å². The zero-order valence-electron chi connectivity index (χ0n) is 15.9. The van der Waals surface area contributed by atoms with Crippen molar-refractivity contribution in [2.24, 2.45) is 0 Å². The van der Waals surface area contributed by atoms with E-state index in [4.69, 9.17) is 23.2 Å². The van der Waals surface area contributed by atoms with Gasteiger partial charge in [-0.25, -0.2) is 20.4 Å². The first-order valence-electron chi connectivity index (χ1n) is 9.16. The molecule has 3 rings (SSSR count). The first-order valence-corrected chi connectivity index (χ1v) is 9.92. The van der Waals surface area contributed by atoms with Crippen molar-refractivity contribution < 1.29 is 9.59 Å². The van der Waals surface area contributed by atoms with E-state index in [1.165, 1.54) is 0 Å². The Bertz CT molecular complexity index is 980. The highest BCUT2D eigenvalue weighted by atomic mass is 35.5. The van der Waals surface area contributed by atoms with Gasteiger partial charge in [-0.15, -0.1) is 0 Å². The van der Waals surface area contributed by atoms with Crippen LogP contribution >= 0.6 is 23.2 Å². The van der Waals surface area contributed by atoms with Crippen LogP contribution in [0.15, 0.2) is 78.9 Å². The van der Waals surface area contributed by atoms with E-state index in [1.807, 2.05) is 42.5 Å². The van der Waals surface area contributed by atoms with E-state index in [1.54, 1.807) is 36.4 Å². The number of hydrogen-bond donors (Lipinski definition) is 4. The highest BCUT2D eigenvalue weighted by Crippen LogP contribution is 2.23. The second-order valence-corrected chi connectivity index (χ2v) is 7.30. The smallest absolute Gasteiger partial charge is 0.333 e. The summed E-state index contributed by atoms with van der Waals surface area (Å²) < 4.78 is 0. The molecular weight excluding hydrogens is 423 g/mol. The van der Waals surface area contributed by atoms with Crippen molar-refractivity contribution in [2.75, 3.05) is 0 Å². The Morgan fingerprint density at radius 3 is 1.87 bits per heavy atom. The second-order valence-electron chi connectivity index (χ2n) is 6.43. The molecule has 0 radical (unpaired) electrons. The van der Waals surface area contributed by atoms with Gasteiger partial charge in [0.2, 0.25) is 0 Å². The van der Waals surface area contributed by atoms with E-state index >= 15 is 0 Å². The van der Waals surface area contributed by atoms with Crippen LogP contribution in [0, 0.1) is 0 Å². The predicted octanol–water partition coefficient (Wildman–Crippen LogP) is 4.80. The van der Waals surface area contributed by atoms with Crippen LogP contribution in [0.3, 0.4) is 0 Å². The van der Waals surface area contributed by atoms with Gasteiger partial charge < -0.3 is 10.6 Å². The van der Waals surface area contributed by atoms with E-state index in [0.717, 1.165) is 16.7 Å². The van der Waals surface area contributed by atoms with Crippen molar-refractivity contribution in [1.29, 1.82) is 0 Å². The largest absolute Gasteiger partial charge is 0.334 e. The monoisotopic (exact) mass is 442 g/mol. The minimum absolute atomic E-state index is 0.295. The summed E-state index contributed by atoms with van der Waals surface area (Å²) in [6.07, 6.45) is 0. The van der Waals surface area contributed by atoms with Crippen LogP contribution in [0.1, 0.15) is 22.7 Å². The molecule has 8 heteroatoms. The molecule has 0 saturated heterocycles. The van der Waals surface area contributed by atoms with Crippen LogP contribution in [-0.2, 0) is 6.54 Å². The summed E-state index contributed by atoms with van der Waals surface area (Å²) in [6, 6.07) is 22.3. The molecule has 6 nitrogen and oxygen atoms in total. The molecule has 4 N–H and O–H groups in total. The van der Waals surface area contributed by atoms with Gasteiger partial charge in [-0.1, -0.05) is 77.8 Å². The van der Waals surface area contributed by atoms with Gasteiger partial charge in [0.05, 0.1) is 6.04 Å². The lowest BCUT2D eigenvalue weighted by Crippen LogP contribution is -2.51. The summed E-state index contributed by atoms with van der Waals surface area (Å²) in [4.78, 5) is 24.3. The van der Waals surface area contributed by atoms with Gasteiger partial charge in [0.15, 0.2) is 0 Å². The van der Waals surface area contributed by atoms with Crippen molar-refractivity contribution in [2.45, 2.75) is 12.6 Å². The fraction of sp³-hybridized carbons (Fsp3) is 0.0909. The number of hydrazine groups is 1. The summed E-state index contributed by atoms with van der Waals surface area (Å²) in [5.74, 6) is 0. The number of carbonyl (C=O) groups is 2. The third-order valence-corrected chi connectivity index (χ3v) is 4.77. The highest BCUT2D eigenvalue weighted by molar-refractivity contribution is 6.30. The number of amides is 4. The Kier molecular flexibility index (Phi) is 7.54. The van der Waals surface area contributed by atoms with Crippen LogP contribution in [0.25, 0.3) is 0 Å². The first kappa shape index (κ1) is 21.5. The SMILES string of the molecule is O=C(NCc1ccc(Cl)cc1)NNC(=O)NC(c1ccccc1)c1ccc(Cl)cc1. The van der Waals surface area contributed by atoms with Gasteiger partial charge in [0.25, 0.3) is 0 Å². The van der Waals surface area contributed by atoms with Crippen LogP contribution in [0.4, 0.5) is 9.59 Å². The molecule has 154 valence electrons. The molecule has 0 heterocycles. The normalized spacial score (nSPS) is 11.3. The Labute approximate surface area is 184 Å². The zero-order chi connectivity index (χ0) is 21.3. The fourth-order valence-electron chi connectivity index (χ4n) is 2.77. The summed E-state index contributed by atoms with van der Waals surface area (Å²) in [5.41, 5.74) is 7.30. The Hall–Kier alpha value is -3.22. The van der Waals surface area contributed by atoms with Crippen LogP contribution in [-0.4, -0.2) is 12.1 Å². The van der Waals surface area contributed by atoms with Crippen molar-refractivity contribution >= 4 is 35.3 Å². The predicted molar refractivity (Wildman–Crippen MR) is 118 cm³/mol. The minimum Gasteiger partial charge on any atom is -0.333 e. The second kappa shape index (κ2) is 10.5. The fourth-order valence-corrected chi connectivity index (χ4v) is 3.02. The van der Waals surface area contributed by atoms with Crippen molar-refractivity contribution in [3.05, 3.63) is 106 Å². The maximum Gasteiger partial charge on any atom is 0.334 e. The molecule has 0 aromatic heterocycles. The van der Waals surface area contributed by atoms with Gasteiger partial charge in [0.1, 0.15) is 0 Å². The molecule has 0 spiro atoms. The molecule has 0 bridgehead atoms. The molecule has 4 amide bonds. The third-order valence-electron chi connectivity index (χ3n) is 4.27. The number of benzene rings is 3. The van der Waals surface area contributed by atoms with E-state index < -0.39 is 18.1 Å². The summed E-state index contributed by atoms with van der Waals surface area (Å²) >= 11 is 11.8. The maximum atomic E-state index is 12.4. The number of carbonyl (C=O) groups excluding carboxylic acids is 2. The lowest BCUT2D eigenvalue weighted by atomic mass is 9.99. The molecule has 3 aromatic rings. The molecule has 0 saturated carbocycles. The average Bonchev–Trinajstić information content (AvgIpc) is 2.77. The molecule has 30 heavy (non-hydrogen) atoms. The quantitative estimate of drug-likeness (QED) is 0.428. The lowest BCUT2D eigenvalue weighted by Gasteiger charge is -2.20. The molecule has 0 fully saturated rings. The number of urea groups is 2. The third kappa shape index (κ3) is 6.40. The van der Waals surface area contributed by atoms with Gasteiger partial charge in [-0.3, -0.25) is 0 Å².